The third-order valence-electron chi connectivity index (χ3n) is 4.22. The molecule has 1 atom stereocenters. The predicted molar refractivity (Wildman–Crippen MR) is 89.9 cm³/mol. The number of ether oxygens (including phenoxy) is 4. The van der Waals surface area contributed by atoms with Gasteiger partial charge in [0, 0.05) is 11.6 Å². The second-order valence-corrected chi connectivity index (χ2v) is 5.97. The van der Waals surface area contributed by atoms with Crippen LogP contribution in [0.4, 0.5) is 0 Å². The average molecular weight is 357 g/mol. The van der Waals surface area contributed by atoms with Crippen molar-refractivity contribution in [3.8, 4) is 29.1 Å². The molecule has 0 fully saturated rings. The van der Waals surface area contributed by atoms with Crippen molar-refractivity contribution in [1.82, 2.24) is 0 Å². The summed E-state index contributed by atoms with van der Waals surface area (Å²) in [5.74, 6) is 1.90. The molecule has 0 unspecified atom stereocenters. The monoisotopic (exact) mass is 356 g/mol. The largest absolute Gasteiger partial charge is 0.495 e. The fraction of sp³-hybridized carbons (Fsp3) is 0.167. The number of benzene rings is 2. The molecule has 2 aliphatic rings. The van der Waals surface area contributed by atoms with E-state index in [1.807, 2.05) is 12.1 Å². The highest BCUT2D eigenvalue weighted by Crippen LogP contribution is 2.48. The van der Waals surface area contributed by atoms with Crippen molar-refractivity contribution in [3.05, 3.63) is 57.9 Å². The van der Waals surface area contributed by atoms with E-state index in [-0.39, 0.29) is 12.7 Å². The molecule has 2 heterocycles. The molecule has 2 N–H and O–H groups in total. The Balaban J connectivity index is 1.91. The van der Waals surface area contributed by atoms with Crippen molar-refractivity contribution in [1.29, 1.82) is 5.26 Å². The zero-order valence-corrected chi connectivity index (χ0v) is 14.0. The molecule has 0 bridgehead atoms. The van der Waals surface area contributed by atoms with Gasteiger partial charge in [0.05, 0.1) is 18.1 Å². The summed E-state index contributed by atoms with van der Waals surface area (Å²) in [5, 5.41) is 10.0. The molecule has 0 saturated heterocycles. The number of nitrogens with zero attached hydrogens (tertiary/aromatic N) is 1. The van der Waals surface area contributed by atoms with Crippen LogP contribution in [0.1, 0.15) is 17.0 Å². The van der Waals surface area contributed by atoms with Crippen LogP contribution in [0.15, 0.2) is 41.8 Å². The van der Waals surface area contributed by atoms with Gasteiger partial charge in [0.2, 0.25) is 12.7 Å². The minimum absolute atomic E-state index is 0.0609. The van der Waals surface area contributed by atoms with Gasteiger partial charge in [0.15, 0.2) is 11.5 Å². The Morgan fingerprint density at radius 3 is 2.64 bits per heavy atom. The van der Waals surface area contributed by atoms with Crippen molar-refractivity contribution in [2.24, 2.45) is 5.73 Å². The minimum Gasteiger partial charge on any atom is -0.495 e. The maximum Gasteiger partial charge on any atom is 0.231 e. The molecule has 7 heteroatoms. The second kappa shape index (κ2) is 5.80. The molecule has 2 aromatic carbocycles. The van der Waals surface area contributed by atoms with Crippen LogP contribution in [-0.2, 0) is 0 Å². The molecular weight excluding hydrogens is 344 g/mol. The molecule has 2 aliphatic heterocycles. The zero-order chi connectivity index (χ0) is 17.6. The Kier molecular flexibility index (Phi) is 3.59. The summed E-state index contributed by atoms with van der Waals surface area (Å²) in [4.78, 5) is 0. The Bertz CT molecular complexity index is 949. The van der Waals surface area contributed by atoms with E-state index in [2.05, 4.69) is 6.07 Å². The molecule has 0 aliphatic carbocycles. The first-order valence-corrected chi connectivity index (χ1v) is 7.84. The average Bonchev–Trinajstić information content (AvgIpc) is 3.06. The molecule has 0 aromatic heterocycles. The fourth-order valence-corrected chi connectivity index (χ4v) is 3.32. The van der Waals surface area contributed by atoms with Crippen molar-refractivity contribution >= 4 is 11.6 Å². The van der Waals surface area contributed by atoms with Crippen LogP contribution in [0.3, 0.4) is 0 Å². The standard InChI is InChI=1S/C18H13ClN2O4/c1-22-13-3-2-9(4-12(13)19)17-10-5-15-16(24-8-23-15)6-14(10)25-18(21)11(17)7-20/h2-6,17H,8,21H2,1H3/t17-/m1/s1. The maximum atomic E-state index is 9.60. The van der Waals surface area contributed by atoms with Crippen LogP contribution >= 0.6 is 11.6 Å². The third kappa shape index (κ3) is 2.41. The van der Waals surface area contributed by atoms with Crippen LogP contribution in [0.5, 0.6) is 23.0 Å². The number of rotatable bonds is 2. The number of methoxy groups -OCH3 is 1. The number of nitrogens with two attached hydrogens (primary N) is 1. The molecule has 4 rings (SSSR count). The van der Waals surface area contributed by atoms with E-state index in [9.17, 15) is 5.26 Å². The van der Waals surface area contributed by atoms with E-state index < -0.39 is 5.92 Å². The van der Waals surface area contributed by atoms with Gasteiger partial charge >= 0.3 is 0 Å². The summed E-state index contributed by atoms with van der Waals surface area (Å²) in [5.41, 5.74) is 7.85. The number of hydrogen-bond donors (Lipinski definition) is 1. The van der Waals surface area contributed by atoms with E-state index >= 15 is 0 Å². The minimum atomic E-state index is -0.424. The molecule has 126 valence electrons. The lowest BCUT2D eigenvalue weighted by atomic mass is 9.83. The summed E-state index contributed by atoms with van der Waals surface area (Å²) in [6, 6.07) is 11.0. The number of nitriles is 1. The molecular formula is C18H13ClN2O4. The molecule has 0 radical (unpaired) electrons. The number of halogens is 1. The smallest absolute Gasteiger partial charge is 0.231 e. The number of hydrogen-bond acceptors (Lipinski definition) is 6. The number of fused-ring (bicyclic) bond motifs is 2. The fourth-order valence-electron chi connectivity index (χ4n) is 3.05. The summed E-state index contributed by atoms with van der Waals surface area (Å²) in [6.45, 7) is 0.144. The normalized spacial score (nSPS) is 17.6. The van der Waals surface area contributed by atoms with Gasteiger partial charge in [-0.1, -0.05) is 17.7 Å². The predicted octanol–water partition coefficient (Wildman–Crippen LogP) is 3.30. The third-order valence-corrected chi connectivity index (χ3v) is 4.52. The molecule has 0 amide bonds. The first-order chi connectivity index (χ1) is 12.1. The topological polar surface area (TPSA) is 86.7 Å². The van der Waals surface area contributed by atoms with E-state index in [1.54, 1.807) is 25.3 Å². The molecule has 6 nitrogen and oxygen atoms in total. The first kappa shape index (κ1) is 15.5. The molecule has 2 aromatic rings. The van der Waals surface area contributed by atoms with E-state index in [0.717, 1.165) is 11.1 Å². The van der Waals surface area contributed by atoms with Gasteiger partial charge in [-0.15, -0.1) is 0 Å². The van der Waals surface area contributed by atoms with Gasteiger partial charge in [-0.05, 0) is 23.8 Å². The van der Waals surface area contributed by atoms with Gasteiger partial charge in [-0.2, -0.15) is 5.26 Å². The summed E-state index contributed by atoms with van der Waals surface area (Å²) >= 11 is 6.27. The highest BCUT2D eigenvalue weighted by molar-refractivity contribution is 6.32. The van der Waals surface area contributed by atoms with Crippen LogP contribution in [0, 0.1) is 11.3 Å². The molecule has 0 spiro atoms. The Labute approximate surface area is 148 Å². The van der Waals surface area contributed by atoms with Crippen LogP contribution in [0.2, 0.25) is 5.02 Å². The lowest BCUT2D eigenvalue weighted by molar-refractivity contribution is 0.174. The van der Waals surface area contributed by atoms with Crippen molar-refractivity contribution in [2.75, 3.05) is 13.9 Å². The first-order valence-electron chi connectivity index (χ1n) is 7.47. The summed E-state index contributed by atoms with van der Waals surface area (Å²) in [7, 11) is 1.55. The molecule has 0 saturated carbocycles. The molecule has 25 heavy (non-hydrogen) atoms. The highest BCUT2D eigenvalue weighted by Gasteiger charge is 2.33. The van der Waals surface area contributed by atoms with Gasteiger partial charge in [-0.3, -0.25) is 0 Å². The quantitative estimate of drug-likeness (QED) is 0.888. The van der Waals surface area contributed by atoms with Gasteiger partial charge < -0.3 is 24.7 Å². The van der Waals surface area contributed by atoms with E-state index in [4.69, 9.17) is 36.3 Å². The SMILES string of the molecule is COc1ccc([C@H]2C(C#N)=C(N)Oc3cc4c(cc32)OCO4)cc1Cl. The second-order valence-electron chi connectivity index (χ2n) is 5.56. The van der Waals surface area contributed by atoms with Crippen LogP contribution < -0.4 is 24.7 Å². The maximum absolute atomic E-state index is 9.60. The highest BCUT2D eigenvalue weighted by atomic mass is 35.5. The Hall–Kier alpha value is -3.04. The zero-order valence-electron chi connectivity index (χ0n) is 13.2. The van der Waals surface area contributed by atoms with E-state index in [0.29, 0.717) is 33.6 Å². The van der Waals surface area contributed by atoms with Gasteiger partial charge in [0.1, 0.15) is 23.1 Å². The Morgan fingerprint density at radius 1 is 1.20 bits per heavy atom. The van der Waals surface area contributed by atoms with Crippen molar-refractivity contribution in [2.45, 2.75) is 5.92 Å². The Morgan fingerprint density at radius 2 is 1.96 bits per heavy atom. The summed E-state index contributed by atoms with van der Waals surface area (Å²) < 4.78 is 21.7. The van der Waals surface area contributed by atoms with Gasteiger partial charge in [0.25, 0.3) is 0 Å². The van der Waals surface area contributed by atoms with Crippen molar-refractivity contribution in [3.63, 3.8) is 0 Å². The van der Waals surface area contributed by atoms with Gasteiger partial charge in [-0.25, -0.2) is 0 Å². The van der Waals surface area contributed by atoms with Crippen molar-refractivity contribution < 1.29 is 18.9 Å². The van der Waals surface area contributed by atoms with Crippen LogP contribution in [0.25, 0.3) is 0 Å². The lowest BCUT2D eigenvalue weighted by Crippen LogP contribution is -2.21. The number of allylic oxidation sites excluding steroid dienone is 1. The van der Waals surface area contributed by atoms with Crippen LogP contribution in [-0.4, -0.2) is 13.9 Å². The summed E-state index contributed by atoms with van der Waals surface area (Å²) in [6.07, 6.45) is 0. The lowest BCUT2D eigenvalue weighted by Gasteiger charge is -2.27. The van der Waals surface area contributed by atoms with E-state index in [1.165, 1.54) is 0 Å².